The van der Waals surface area contributed by atoms with Crippen LogP contribution in [0.1, 0.15) is 40.4 Å². The molecule has 0 saturated carbocycles. The third-order valence-electron chi connectivity index (χ3n) is 5.84. The van der Waals surface area contributed by atoms with Crippen LogP contribution in [-0.4, -0.2) is 31.1 Å². The molecular formula is C26H23F2NO5S. The lowest BCUT2D eigenvalue weighted by Crippen LogP contribution is -2.25. The topological polar surface area (TPSA) is 80.8 Å². The Labute approximate surface area is 202 Å². The second-order valence-corrected chi connectivity index (χ2v) is 10.2. The number of Topliss-reactive ketones (excluding diaryl/α,β-unsaturated/α-hetero) is 1. The quantitative estimate of drug-likeness (QED) is 0.266. The van der Waals surface area contributed by atoms with Crippen molar-refractivity contribution in [3.8, 4) is 11.1 Å². The minimum absolute atomic E-state index is 0.0715. The molecule has 0 bridgehead atoms. The number of ketones is 1. The summed E-state index contributed by atoms with van der Waals surface area (Å²) in [6.45, 7) is 3.78. The van der Waals surface area contributed by atoms with Crippen LogP contribution in [-0.2, 0) is 32.6 Å². The Morgan fingerprint density at radius 2 is 1.63 bits per heavy atom. The summed E-state index contributed by atoms with van der Waals surface area (Å²) < 4.78 is 61.7. The molecule has 0 spiro atoms. The van der Waals surface area contributed by atoms with Gasteiger partial charge in [0.1, 0.15) is 18.1 Å². The Morgan fingerprint density at radius 3 is 2.31 bits per heavy atom. The van der Waals surface area contributed by atoms with Crippen molar-refractivity contribution in [1.82, 2.24) is 4.31 Å². The van der Waals surface area contributed by atoms with Crippen LogP contribution in [0.5, 0.6) is 0 Å². The second-order valence-electron chi connectivity index (χ2n) is 8.29. The van der Waals surface area contributed by atoms with Crippen molar-refractivity contribution in [3.05, 3.63) is 88.5 Å². The molecule has 6 nitrogen and oxygen atoms in total. The number of ether oxygens (including phenoxy) is 1. The zero-order valence-corrected chi connectivity index (χ0v) is 20.0. The largest absolute Gasteiger partial charge is 0.466 e. The molecule has 0 saturated heterocycles. The molecule has 0 atom stereocenters. The third-order valence-corrected chi connectivity index (χ3v) is 7.64. The van der Waals surface area contributed by atoms with E-state index in [1.807, 2.05) is 6.92 Å². The highest BCUT2D eigenvalue weighted by Gasteiger charge is 2.31. The van der Waals surface area contributed by atoms with Gasteiger partial charge in [0, 0.05) is 18.7 Å². The van der Waals surface area contributed by atoms with E-state index in [4.69, 9.17) is 0 Å². The van der Waals surface area contributed by atoms with Crippen LogP contribution >= 0.6 is 0 Å². The van der Waals surface area contributed by atoms with Crippen molar-refractivity contribution in [2.45, 2.75) is 38.3 Å². The number of halogens is 2. The summed E-state index contributed by atoms with van der Waals surface area (Å²) in [6.07, 6.45) is -0.687. The predicted molar refractivity (Wildman–Crippen MR) is 125 cm³/mol. The highest BCUT2D eigenvalue weighted by atomic mass is 32.2. The molecule has 0 fully saturated rings. The number of benzene rings is 3. The maximum Gasteiger partial charge on any atom is 0.313 e. The number of carbonyl (C=O) groups is 2. The average Bonchev–Trinajstić information content (AvgIpc) is 3.25. The molecule has 1 aliphatic rings. The molecule has 0 aliphatic carbocycles. The summed E-state index contributed by atoms with van der Waals surface area (Å²) in [5.41, 5.74) is 2.14. The van der Waals surface area contributed by atoms with Gasteiger partial charge in [-0.25, -0.2) is 17.2 Å². The highest BCUT2D eigenvalue weighted by Crippen LogP contribution is 2.33. The van der Waals surface area contributed by atoms with Gasteiger partial charge in [-0.1, -0.05) is 29.8 Å². The Balaban J connectivity index is 1.58. The first-order valence-corrected chi connectivity index (χ1v) is 12.4. The van der Waals surface area contributed by atoms with Gasteiger partial charge in [-0.05, 0) is 60.9 Å². The lowest BCUT2D eigenvalue weighted by molar-refractivity contribution is -0.141. The fourth-order valence-electron chi connectivity index (χ4n) is 3.98. The van der Waals surface area contributed by atoms with E-state index >= 15 is 0 Å². The fourth-order valence-corrected chi connectivity index (χ4v) is 5.38. The van der Waals surface area contributed by atoms with Crippen molar-refractivity contribution < 1.29 is 31.5 Å². The van der Waals surface area contributed by atoms with Crippen molar-refractivity contribution in [3.63, 3.8) is 0 Å². The number of nitrogens with zero attached hydrogens (tertiary/aromatic N) is 1. The molecular weight excluding hydrogens is 476 g/mol. The third kappa shape index (κ3) is 5.01. The van der Waals surface area contributed by atoms with Gasteiger partial charge in [0.05, 0.1) is 17.1 Å². The molecule has 4 rings (SSSR count). The average molecular weight is 500 g/mol. The smallest absolute Gasteiger partial charge is 0.313 e. The zero-order valence-electron chi connectivity index (χ0n) is 19.2. The van der Waals surface area contributed by atoms with Gasteiger partial charge in [0.15, 0.2) is 5.78 Å². The highest BCUT2D eigenvalue weighted by molar-refractivity contribution is 7.89. The van der Waals surface area contributed by atoms with E-state index < -0.39 is 45.4 Å². The first kappa shape index (κ1) is 24.7. The van der Waals surface area contributed by atoms with E-state index in [0.29, 0.717) is 11.1 Å². The van der Waals surface area contributed by atoms with E-state index in [0.717, 1.165) is 23.3 Å². The Hall–Kier alpha value is -3.43. The van der Waals surface area contributed by atoms with Crippen LogP contribution in [0.4, 0.5) is 8.78 Å². The lowest BCUT2D eigenvalue weighted by Gasteiger charge is -2.15. The zero-order chi connectivity index (χ0) is 25.3. The number of fused-ring (bicyclic) bond motifs is 1. The van der Waals surface area contributed by atoms with E-state index in [2.05, 4.69) is 4.74 Å². The fraction of sp³-hybridized carbons (Fsp3) is 0.231. The maximum atomic E-state index is 14.9. The second kappa shape index (κ2) is 9.67. The van der Waals surface area contributed by atoms with Crippen LogP contribution in [0, 0.1) is 18.6 Å². The summed E-state index contributed by atoms with van der Waals surface area (Å²) in [4.78, 5) is 23.9. The minimum atomic E-state index is -3.72. The molecule has 182 valence electrons. The van der Waals surface area contributed by atoms with Gasteiger partial charge in [-0.15, -0.1) is 0 Å². The standard InChI is InChI=1S/C26H23F2NO5S/c1-3-34-26(31)13-25(30)22-12-23(27)21(11-24(22)28)17-6-7-18-14-29(15-19(18)10-17)35(32,33)20-8-4-16(2)5-9-20/h4-12H,3,13-15H2,1-2H3. The monoisotopic (exact) mass is 499 g/mol. The van der Waals surface area contributed by atoms with Crippen LogP contribution < -0.4 is 0 Å². The molecule has 0 aromatic heterocycles. The Kier molecular flexibility index (Phi) is 6.82. The minimum Gasteiger partial charge on any atom is -0.466 e. The SMILES string of the molecule is CCOC(=O)CC(=O)c1cc(F)c(-c2ccc3c(c2)CN(S(=O)(=O)c2ccc(C)cc2)C3)cc1F. The van der Waals surface area contributed by atoms with E-state index in [1.54, 1.807) is 49.4 Å². The number of aryl methyl sites for hydroxylation is 1. The summed E-state index contributed by atoms with van der Waals surface area (Å²) in [5.74, 6) is -3.48. The molecule has 1 heterocycles. The van der Waals surface area contributed by atoms with Crippen LogP contribution in [0.15, 0.2) is 59.5 Å². The first-order chi connectivity index (χ1) is 16.6. The summed E-state index contributed by atoms with van der Waals surface area (Å²) in [7, 11) is -3.72. The van der Waals surface area contributed by atoms with Gasteiger partial charge >= 0.3 is 5.97 Å². The number of carbonyl (C=O) groups excluding carboxylic acids is 2. The number of hydrogen-bond donors (Lipinski definition) is 0. The summed E-state index contributed by atoms with van der Waals surface area (Å²) in [6, 6.07) is 13.1. The van der Waals surface area contributed by atoms with Gasteiger partial charge in [-0.3, -0.25) is 9.59 Å². The van der Waals surface area contributed by atoms with Crippen LogP contribution in [0.3, 0.4) is 0 Å². The molecule has 1 aliphatic heterocycles. The van der Waals surface area contributed by atoms with Crippen molar-refractivity contribution in [2.75, 3.05) is 6.61 Å². The molecule has 0 radical (unpaired) electrons. The van der Waals surface area contributed by atoms with Crippen LogP contribution in [0.2, 0.25) is 0 Å². The predicted octanol–water partition coefficient (Wildman–Crippen LogP) is 4.78. The summed E-state index contributed by atoms with van der Waals surface area (Å²) >= 11 is 0. The summed E-state index contributed by atoms with van der Waals surface area (Å²) in [5, 5.41) is 0. The molecule has 9 heteroatoms. The first-order valence-electron chi connectivity index (χ1n) is 11.0. The number of hydrogen-bond acceptors (Lipinski definition) is 5. The molecule has 3 aromatic rings. The van der Waals surface area contributed by atoms with E-state index in [1.165, 1.54) is 4.31 Å². The maximum absolute atomic E-state index is 14.9. The molecule has 35 heavy (non-hydrogen) atoms. The normalized spacial score (nSPS) is 13.5. The van der Waals surface area contributed by atoms with Crippen LogP contribution in [0.25, 0.3) is 11.1 Å². The van der Waals surface area contributed by atoms with E-state index in [9.17, 15) is 26.8 Å². The van der Waals surface area contributed by atoms with Gasteiger partial charge < -0.3 is 4.74 Å². The van der Waals surface area contributed by atoms with Crippen molar-refractivity contribution in [2.24, 2.45) is 0 Å². The molecule has 0 unspecified atom stereocenters. The van der Waals surface area contributed by atoms with Crippen molar-refractivity contribution >= 4 is 21.8 Å². The number of rotatable bonds is 7. The Bertz CT molecular complexity index is 1420. The van der Waals surface area contributed by atoms with E-state index in [-0.39, 0.29) is 30.2 Å². The van der Waals surface area contributed by atoms with Gasteiger partial charge in [0.25, 0.3) is 0 Å². The lowest BCUT2D eigenvalue weighted by atomic mass is 9.97. The Morgan fingerprint density at radius 1 is 0.943 bits per heavy atom. The van der Waals surface area contributed by atoms with Gasteiger partial charge in [0.2, 0.25) is 10.0 Å². The number of sulfonamides is 1. The molecule has 0 amide bonds. The van der Waals surface area contributed by atoms with Gasteiger partial charge in [-0.2, -0.15) is 4.31 Å². The van der Waals surface area contributed by atoms with Crippen molar-refractivity contribution in [1.29, 1.82) is 0 Å². The molecule has 3 aromatic carbocycles. The number of esters is 1. The molecule has 0 N–H and O–H groups in total.